The Balaban J connectivity index is 1.38. The molecule has 3 N–H and O–H groups in total. The number of ether oxygens (including phenoxy) is 1. The van der Waals surface area contributed by atoms with Gasteiger partial charge in [0.05, 0.1) is 5.41 Å². The number of carbonyl (C=O) groups excluding carboxylic acids is 2. The topological polar surface area (TPSA) is 105 Å². The van der Waals surface area contributed by atoms with Gasteiger partial charge in [0.1, 0.15) is 12.6 Å². The van der Waals surface area contributed by atoms with Gasteiger partial charge in [-0.1, -0.05) is 68.3 Å². The smallest absolute Gasteiger partial charge is 0.407 e. The van der Waals surface area contributed by atoms with Crippen molar-refractivity contribution in [2.24, 2.45) is 11.3 Å². The van der Waals surface area contributed by atoms with Gasteiger partial charge in [-0.3, -0.25) is 9.59 Å². The van der Waals surface area contributed by atoms with Gasteiger partial charge in [-0.25, -0.2) is 4.79 Å². The van der Waals surface area contributed by atoms with Crippen LogP contribution in [-0.4, -0.2) is 42.3 Å². The fourth-order valence-electron chi connectivity index (χ4n) is 4.46. The van der Waals surface area contributed by atoms with E-state index in [2.05, 4.69) is 34.9 Å². The summed E-state index contributed by atoms with van der Waals surface area (Å²) < 4.78 is 5.60. The van der Waals surface area contributed by atoms with E-state index in [4.69, 9.17) is 4.74 Å². The van der Waals surface area contributed by atoms with Crippen molar-refractivity contribution in [2.45, 2.75) is 51.5 Å². The number of nitrogens with one attached hydrogen (secondary N) is 2. The molecule has 2 amide bonds. The molecular formula is C27H32N2O5. The van der Waals surface area contributed by atoms with Crippen molar-refractivity contribution in [3.05, 3.63) is 59.7 Å². The number of amides is 2. The van der Waals surface area contributed by atoms with Gasteiger partial charge in [-0.05, 0) is 47.9 Å². The van der Waals surface area contributed by atoms with E-state index < -0.39 is 23.5 Å². The van der Waals surface area contributed by atoms with Crippen molar-refractivity contribution in [2.75, 3.05) is 13.2 Å². The van der Waals surface area contributed by atoms with Crippen LogP contribution >= 0.6 is 0 Å². The molecule has 4 rings (SSSR count). The maximum absolute atomic E-state index is 12.8. The molecule has 0 spiro atoms. The number of rotatable bonds is 10. The lowest BCUT2D eigenvalue weighted by atomic mass is 9.87. The molecule has 0 saturated heterocycles. The van der Waals surface area contributed by atoms with Crippen molar-refractivity contribution in [3.8, 4) is 11.1 Å². The van der Waals surface area contributed by atoms with Crippen LogP contribution < -0.4 is 10.6 Å². The molecule has 1 fully saturated rings. The van der Waals surface area contributed by atoms with E-state index in [-0.39, 0.29) is 25.0 Å². The quantitative estimate of drug-likeness (QED) is 0.486. The zero-order chi connectivity index (χ0) is 24.3. The largest absolute Gasteiger partial charge is 0.481 e. The summed E-state index contributed by atoms with van der Waals surface area (Å²) in [5.41, 5.74) is 3.49. The minimum Gasteiger partial charge on any atom is -0.481 e. The first-order chi connectivity index (χ1) is 16.3. The summed E-state index contributed by atoms with van der Waals surface area (Å²) in [6.45, 7) is 3.55. The van der Waals surface area contributed by atoms with Crippen molar-refractivity contribution in [1.29, 1.82) is 0 Å². The molecule has 34 heavy (non-hydrogen) atoms. The average molecular weight is 465 g/mol. The summed E-state index contributed by atoms with van der Waals surface area (Å²) in [6, 6.07) is 15.5. The number of carboxylic acid groups (broad SMARTS) is 1. The van der Waals surface area contributed by atoms with Crippen LogP contribution in [0.3, 0.4) is 0 Å². The Morgan fingerprint density at radius 3 is 2.18 bits per heavy atom. The molecule has 0 aliphatic heterocycles. The molecule has 0 heterocycles. The number of benzene rings is 2. The van der Waals surface area contributed by atoms with Gasteiger partial charge in [0.25, 0.3) is 0 Å². The second-order valence-corrected chi connectivity index (χ2v) is 9.64. The molecule has 7 heteroatoms. The zero-order valence-corrected chi connectivity index (χ0v) is 19.7. The van der Waals surface area contributed by atoms with E-state index in [0.717, 1.165) is 35.1 Å². The molecule has 7 nitrogen and oxygen atoms in total. The third kappa shape index (κ3) is 5.08. The Labute approximate surface area is 199 Å². The molecule has 2 aromatic carbocycles. The summed E-state index contributed by atoms with van der Waals surface area (Å²) in [4.78, 5) is 37.1. The Bertz CT molecular complexity index is 1030. The second kappa shape index (κ2) is 9.87. The molecule has 180 valence electrons. The summed E-state index contributed by atoms with van der Waals surface area (Å²) in [5, 5.41) is 14.9. The van der Waals surface area contributed by atoms with E-state index in [0.29, 0.717) is 18.8 Å². The van der Waals surface area contributed by atoms with Crippen molar-refractivity contribution >= 4 is 18.0 Å². The van der Waals surface area contributed by atoms with Gasteiger partial charge < -0.3 is 20.5 Å². The Morgan fingerprint density at radius 2 is 1.65 bits per heavy atom. The van der Waals surface area contributed by atoms with E-state index in [9.17, 15) is 19.5 Å². The van der Waals surface area contributed by atoms with Gasteiger partial charge >= 0.3 is 12.1 Å². The Kier molecular flexibility index (Phi) is 6.91. The SMILES string of the molecule is CCC(C)(CNC(=O)[C@H](CC1CC1)NC(=O)OCC1c2ccccc2-c2ccccc21)C(=O)O. The van der Waals surface area contributed by atoms with Crippen molar-refractivity contribution < 1.29 is 24.2 Å². The van der Waals surface area contributed by atoms with Gasteiger partial charge in [0.2, 0.25) is 5.91 Å². The second-order valence-electron chi connectivity index (χ2n) is 9.64. The van der Waals surface area contributed by atoms with Crippen LogP contribution in [0.1, 0.15) is 56.6 Å². The third-order valence-corrected chi connectivity index (χ3v) is 7.17. The van der Waals surface area contributed by atoms with Crippen LogP contribution in [0.15, 0.2) is 48.5 Å². The highest BCUT2D eigenvalue weighted by Gasteiger charge is 2.35. The van der Waals surface area contributed by atoms with Crippen molar-refractivity contribution in [3.63, 3.8) is 0 Å². The number of carbonyl (C=O) groups is 3. The maximum Gasteiger partial charge on any atom is 0.407 e. The van der Waals surface area contributed by atoms with Crippen LogP contribution in [0.2, 0.25) is 0 Å². The highest BCUT2D eigenvalue weighted by atomic mass is 16.5. The number of hydrogen-bond donors (Lipinski definition) is 3. The number of hydrogen-bond acceptors (Lipinski definition) is 4. The molecule has 2 aliphatic rings. The first-order valence-corrected chi connectivity index (χ1v) is 11.9. The third-order valence-electron chi connectivity index (χ3n) is 7.17. The highest BCUT2D eigenvalue weighted by molar-refractivity contribution is 5.86. The molecule has 1 saturated carbocycles. The number of carboxylic acids is 1. The van der Waals surface area contributed by atoms with E-state index in [1.165, 1.54) is 0 Å². The van der Waals surface area contributed by atoms with E-state index in [1.807, 2.05) is 24.3 Å². The van der Waals surface area contributed by atoms with Gasteiger partial charge in [-0.15, -0.1) is 0 Å². The molecule has 2 aliphatic carbocycles. The number of fused-ring (bicyclic) bond motifs is 3. The van der Waals surface area contributed by atoms with Crippen LogP contribution in [0.25, 0.3) is 11.1 Å². The fraction of sp³-hybridized carbons (Fsp3) is 0.444. The monoisotopic (exact) mass is 464 g/mol. The minimum absolute atomic E-state index is 0.00516. The normalized spacial score (nSPS) is 17.1. The van der Waals surface area contributed by atoms with Crippen LogP contribution in [0, 0.1) is 11.3 Å². The standard InChI is InChI=1S/C27H32N2O5/c1-3-27(2,25(31)32)16-28-24(30)23(14-17-12-13-17)29-26(33)34-15-22-20-10-6-4-8-18(20)19-9-5-7-11-21(19)22/h4-11,17,22-23H,3,12-16H2,1-2H3,(H,28,30)(H,29,33)(H,31,32)/t23-,27?/m0/s1. The molecule has 1 unspecified atom stereocenters. The molecular weight excluding hydrogens is 432 g/mol. The van der Waals surface area contributed by atoms with Crippen molar-refractivity contribution in [1.82, 2.24) is 10.6 Å². The first-order valence-electron chi connectivity index (χ1n) is 11.9. The van der Waals surface area contributed by atoms with Gasteiger partial charge in [0.15, 0.2) is 0 Å². The van der Waals surface area contributed by atoms with Gasteiger partial charge in [0, 0.05) is 12.5 Å². The molecule has 0 aromatic heterocycles. The van der Waals surface area contributed by atoms with Gasteiger partial charge in [-0.2, -0.15) is 0 Å². The predicted octanol–water partition coefficient (Wildman–Crippen LogP) is 4.31. The molecule has 2 atom stereocenters. The lowest BCUT2D eigenvalue weighted by molar-refractivity contribution is -0.148. The summed E-state index contributed by atoms with van der Waals surface area (Å²) in [5.74, 6) is -1.00. The molecule has 2 aromatic rings. The molecule has 0 bridgehead atoms. The fourth-order valence-corrected chi connectivity index (χ4v) is 4.46. The molecule has 0 radical (unpaired) electrons. The first kappa shape index (κ1) is 23.8. The highest BCUT2D eigenvalue weighted by Crippen LogP contribution is 2.44. The van der Waals surface area contributed by atoms with E-state index >= 15 is 0 Å². The summed E-state index contributed by atoms with van der Waals surface area (Å²) in [6.07, 6.45) is 2.32. The maximum atomic E-state index is 12.8. The summed E-state index contributed by atoms with van der Waals surface area (Å²) in [7, 11) is 0. The Hall–Kier alpha value is -3.35. The minimum atomic E-state index is -1.05. The van der Waals surface area contributed by atoms with Crippen LogP contribution in [0.5, 0.6) is 0 Å². The average Bonchev–Trinajstić information content (AvgIpc) is 3.61. The van der Waals surface area contributed by atoms with E-state index in [1.54, 1.807) is 13.8 Å². The predicted molar refractivity (Wildman–Crippen MR) is 128 cm³/mol. The lowest BCUT2D eigenvalue weighted by Crippen LogP contribution is -2.50. The van der Waals surface area contributed by atoms with Crippen LogP contribution in [-0.2, 0) is 14.3 Å². The Morgan fingerprint density at radius 1 is 1.06 bits per heavy atom. The lowest BCUT2D eigenvalue weighted by Gasteiger charge is -2.25. The zero-order valence-electron chi connectivity index (χ0n) is 19.7. The number of aliphatic carboxylic acids is 1. The summed E-state index contributed by atoms with van der Waals surface area (Å²) >= 11 is 0. The number of alkyl carbamates (subject to hydrolysis) is 1. The van der Waals surface area contributed by atoms with Crippen LogP contribution in [0.4, 0.5) is 4.79 Å².